The van der Waals surface area contributed by atoms with Gasteiger partial charge in [0.25, 0.3) is 0 Å². The molecule has 3 nitrogen and oxygen atoms in total. The molecule has 5 heteroatoms. The van der Waals surface area contributed by atoms with Gasteiger partial charge in [0.05, 0.1) is 0 Å². The van der Waals surface area contributed by atoms with Crippen LogP contribution in [-0.2, 0) is 31.7 Å². The quantitative estimate of drug-likeness (QED) is 0.404. The van der Waals surface area contributed by atoms with Crippen LogP contribution >= 0.6 is 0 Å². The summed E-state index contributed by atoms with van der Waals surface area (Å²) < 4.78 is 28.4. The molecule has 0 amide bonds. The van der Waals surface area contributed by atoms with Crippen molar-refractivity contribution in [1.82, 2.24) is 0 Å². The second-order valence-electron chi connectivity index (χ2n) is 0.996. The van der Waals surface area contributed by atoms with E-state index < -0.39 is 25.6 Å². The summed E-state index contributed by atoms with van der Waals surface area (Å²) in [6.45, 7) is 0. The van der Waals surface area contributed by atoms with Crippen LogP contribution in [0.3, 0.4) is 0 Å². The Bertz CT molecular complexity index is 128. The van der Waals surface area contributed by atoms with Gasteiger partial charge in [-0.15, -0.1) is 0 Å². The molecule has 0 aromatic rings. The third-order valence-corrected chi connectivity index (χ3v) is 0. The van der Waals surface area contributed by atoms with Crippen LogP contribution in [0.15, 0.2) is 0 Å². The molecule has 0 saturated carbocycles. The van der Waals surface area contributed by atoms with Crippen LogP contribution < -0.4 is 0 Å². The molecule has 0 aliphatic heterocycles. The first kappa shape index (κ1) is 5.57. The summed E-state index contributed by atoms with van der Waals surface area (Å²) in [5, 5.41) is 0. The summed E-state index contributed by atoms with van der Waals surface area (Å²) in [5.41, 5.74) is 0. The van der Waals surface area contributed by atoms with Gasteiger partial charge in [0.1, 0.15) is 0 Å². The molecule has 0 bridgehead atoms. The van der Waals surface area contributed by atoms with E-state index in [2.05, 4.69) is 0 Å². The number of rotatable bonds is 0. The zero-order valence-corrected chi connectivity index (χ0v) is 5.64. The zero-order valence-electron chi connectivity index (χ0n) is 2.80. The van der Waals surface area contributed by atoms with Crippen LogP contribution in [0.5, 0.6) is 0 Å². The maximum absolute atomic E-state index is 9.21. The number of hydrogen-bond donors (Lipinski definition) is 0. The molecular weight excluding hydrogens is 148 g/mol. The average Bonchev–Trinajstić information content (AvgIpc) is 0.722. The van der Waals surface area contributed by atoms with Gasteiger partial charge in [-0.1, -0.05) is 0 Å². The van der Waals surface area contributed by atoms with E-state index in [1.54, 1.807) is 0 Å². The van der Waals surface area contributed by atoms with Gasteiger partial charge in [0.2, 0.25) is 0 Å². The van der Waals surface area contributed by atoms with Gasteiger partial charge in [-0.05, 0) is 0 Å². The van der Waals surface area contributed by atoms with Crippen molar-refractivity contribution < 1.29 is 31.7 Å². The van der Waals surface area contributed by atoms with Crippen molar-refractivity contribution in [2.75, 3.05) is 0 Å². The summed E-state index contributed by atoms with van der Waals surface area (Å²) in [6, 6.07) is 0. The molecule has 0 saturated heterocycles. The fourth-order valence-electron chi connectivity index (χ4n) is 0. The van der Waals surface area contributed by atoms with E-state index >= 15 is 0 Å². The van der Waals surface area contributed by atoms with E-state index in [0.29, 0.717) is 0 Å². The molecule has 0 heterocycles. The maximum atomic E-state index is 9.21. The Morgan fingerprint density at radius 2 is 1.20 bits per heavy atom. The number of hydrogen-bond acceptors (Lipinski definition) is 3. The van der Waals surface area contributed by atoms with E-state index in [1.165, 1.54) is 0 Å². The summed E-state index contributed by atoms with van der Waals surface area (Å²) in [7, 11) is 0. The zero-order chi connectivity index (χ0) is 4.50. The van der Waals surface area contributed by atoms with E-state index in [4.69, 9.17) is 0 Å². The van der Waals surface area contributed by atoms with E-state index in [9.17, 15) is 6.13 Å². The van der Waals surface area contributed by atoms with Gasteiger partial charge < -0.3 is 0 Å². The van der Waals surface area contributed by atoms with Crippen LogP contribution in [0.4, 0.5) is 0 Å². The van der Waals surface area contributed by atoms with Crippen molar-refractivity contribution in [3.63, 3.8) is 0 Å². The van der Waals surface area contributed by atoms with E-state index in [-0.39, 0.29) is 0 Å². The molecule has 0 rings (SSSR count). The van der Waals surface area contributed by atoms with Crippen LogP contribution in [0.1, 0.15) is 0 Å². The third kappa shape index (κ3) is 93.2. The average molecular weight is 150 g/mol. The first-order valence-electron chi connectivity index (χ1n) is 1.28. The minimum absolute atomic E-state index is 0.741. The Morgan fingerprint density at radius 1 is 1.20 bits per heavy atom. The van der Waals surface area contributed by atoms with Crippen molar-refractivity contribution in [1.29, 1.82) is 0 Å². The Balaban J connectivity index is 4.87. The van der Waals surface area contributed by atoms with E-state index in [1.807, 2.05) is 0 Å². The molecule has 0 aromatic heterocycles. The van der Waals surface area contributed by atoms with Gasteiger partial charge in [0.15, 0.2) is 0 Å². The van der Waals surface area contributed by atoms with Crippen LogP contribution in [0, 0.1) is 0 Å². The summed E-state index contributed by atoms with van der Waals surface area (Å²) in [4.78, 5) is 0. The second kappa shape index (κ2) is 1.35. The molecule has 0 atom stereocenters. The van der Waals surface area contributed by atoms with Crippen molar-refractivity contribution >= 4 is 4.42 Å². The minimum atomic E-state index is -5.01. The van der Waals surface area contributed by atoms with Crippen molar-refractivity contribution in [3.05, 3.63) is 0 Å². The standard InChI is InChI=1S/BH2.3O.Y/h1H2;;;;/q+1;;;;-1. The Morgan fingerprint density at radius 3 is 1.20 bits per heavy atom. The fraction of sp³-hybridized carbons (Fsp3) is 0. The second-order valence-corrected chi connectivity index (χ2v) is 5.89. The van der Waals surface area contributed by atoms with Gasteiger partial charge in [-0.25, -0.2) is 0 Å². The molecule has 0 aliphatic rings. The van der Waals surface area contributed by atoms with Gasteiger partial charge >= 0.3 is 36.1 Å². The van der Waals surface area contributed by atoms with Crippen molar-refractivity contribution in [2.45, 2.75) is 0 Å². The summed E-state index contributed by atoms with van der Waals surface area (Å²) in [5.74, 6) is 0. The first-order chi connectivity index (χ1) is 2.00. The Labute approximate surface area is 36.1 Å². The van der Waals surface area contributed by atoms with Gasteiger partial charge in [0, 0.05) is 0 Å². The molecule has 0 N–H and O–H groups in total. The van der Waals surface area contributed by atoms with Crippen LogP contribution in [-0.4, -0.2) is 4.42 Å². The topological polar surface area (TPSA) is 51.2 Å². The molecule has 0 aromatic carbocycles. The fourth-order valence-corrected chi connectivity index (χ4v) is 0. The molecule has 0 unspecified atom stereocenters. The molecule has 0 fully saturated rings. The molecule has 26 valence electrons. The predicted octanol–water partition coefficient (Wildman–Crippen LogP) is -1.28. The third-order valence-electron chi connectivity index (χ3n) is 0. The SMILES string of the molecule is [BH2][Y](=[O])(=[O])=[O]. The molecular formula is H2BO3Y. The van der Waals surface area contributed by atoms with E-state index in [0.717, 1.165) is 4.42 Å². The Kier molecular flexibility index (Phi) is 1.50. The van der Waals surface area contributed by atoms with Crippen LogP contribution in [0.2, 0.25) is 0 Å². The Hall–Kier alpha value is 0.569. The molecule has 0 spiro atoms. The van der Waals surface area contributed by atoms with Crippen molar-refractivity contribution in [2.24, 2.45) is 0 Å². The molecule has 5 heavy (non-hydrogen) atoms. The monoisotopic (exact) mass is 150 g/mol. The van der Waals surface area contributed by atoms with Gasteiger partial charge in [-0.3, -0.25) is 0 Å². The first-order valence-corrected chi connectivity index (χ1v) is 7.60. The molecule has 0 radical (unpaired) electrons. The normalized spacial score (nSPS) is 4.80. The summed E-state index contributed by atoms with van der Waals surface area (Å²) in [6.07, 6.45) is 0. The summed E-state index contributed by atoms with van der Waals surface area (Å²) >= 11 is -5.01. The van der Waals surface area contributed by atoms with Gasteiger partial charge in [-0.2, -0.15) is 0 Å². The molecule has 0 aliphatic carbocycles. The predicted molar refractivity (Wildman–Crippen MR) is 10.6 cm³/mol. The van der Waals surface area contributed by atoms with Crippen molar-refractivity contribution in [3.8, 4) is 0 Å². The van der Waals surface area contributed by atoms with Crippen LogP contribution in [0.25, 0.3) is 0 Å².